The molecule has 1 N–H and O–H groups in total. The smallest absolute Gasteiger partial charge is 0.254 e. The van der Waals surface area contributed by atoms with Gasteiger partial charge in [-0.05, 0) is 25.5 Å². The Labute approximate surface area is 109 Å². The molecule has 0 saturated heterocycles. The Kier molecular flexibility index (Phi) is 3.48. The van der Waals surface area contributed by atoms with Crippen molar-refractivity contribution in [2.45, 2.75) is 20.3 Å². The highest BCUT2D eigenvalue weighted by Crippen LogP contribution is 2.19. The van der Waals surface area contributed by atoms with Crippen LogP contribution in [-0.2, 0) is 6.42 Å². The van der Waals surface area contributed by atoms with E-state index < -0.39 is 5.82 Å². The van der Waals surface area contributed by atoms with Gasteiger partial charge in [-0.3, -0.25) is 4.79 Å². The Balaban J connectivity index is 2.41. The molecule has 0 amide bonds. The number of nitrogens with zero attached hydrogens (tertiary/aromatic N) is 1. The summed E-state index contributed by atoms with van der Waals surface area (Å²) in [5, 5.41) is 0.0682. The number of aromatic amines is 1. The molecule has 94 valence electrons. The lowest BCUT2D eigenvalue weighted by atomic mass is 10.1. The molecule has 0 atom stereocenters. The summed E-state index contributed by atoms with van der Waals surface area (Å²) in [7, 11) is 0. The lowest BCUT2D eigenvalue weighted by Gasteiger charge is -2.06. The van der Waals surface area contributed by atoms with Crippen LogP contribution in [0.25, 0.3) is 0 Å². The van der Waals surface area contributed by atoms with Crippen LogP contribution < -0.4 is 5.56 Å². The first-order chi connectivity index (χ1) is 8.49. The maximum atomic E-state index is 13.7. The second kappa shape index (κ2) is 4.90. The minimum Gasteiger partial charge on any atom is -0.310 e. The van der Waals surface area contributed by atoms with Gasteiger partial charge < -0.3 is 4.98 Å². The van der Waals surface area contributed by atoms with Gasteiger partial charge in [0.25, 0.3) is 5.56 Å². The van der Waals surface area contributed by atoms with E-state index >= 15 is 0 Å². The predicted molar refractivity (Wildman–Crippen MR) is 68.5 cm³/mol. The number of H-pyrrole nitrogens is 1. The van der Waals surface area contributed by atoms with Crippen LogP contribution in [0.15, 0.2) is 23.0 Å². The van der Waals surface area contributed by atoms with Crippen molar-refractivity contribution in [3.63, 3.8) is 0 Å². The van der Waals surface area contributed by atoms with E-state index in [1.165, 1.54) is 6.07 Å². The van der Waals surface area contributed by atoms with Crippen molar-refractivity contribution in [2.24, 2.45) is 0 Å². The van der Waals surface area contributed by atoms with Crippen molar-refractivity contribution < 1.29 is 4.39 Å². The molecule has 5 heteroatoms. The molecule has 0 unspecified atom stereocenters. The van der Waals surface area contributed by atoms with Crippen molar-refractivity contribution in [2.75, 3.05) is 0 Å². The minimum atomic E-state index is -0.472. The molecular formula is C13H12ClFN2O. The predicted octanol–water partition coefficient (Wildman–Crippen LogP) is 2.77. The number of halogens is 2. The molecule has 0 fully saturated rings. The van der Waals surface area contributed by atoms with E-state index in [-0.39, 0.29) is 17.0 Å². The number of rotatable bonds is 2. The minimum absolute atomic E-state index is 0.0682. The largest absolute Gasteiger partial charge is 0.310 e. The third kappa shape index (κ3) is 2.43. The summed E-state index contributed by atoms with van der Waals surface area (Å²) in [6, 6.07) is 4.77. The van der Waals surface area contributed by atoms with Crippen LogP contribution >= 0.6 is 11.6 Å². The summed E-state index contributed by atoms with van der Waals surface area (Å²) in [5.41, 5.74) is 1.44. The topological polar surface area (TPSA) is 45.8 Å². The molecule has 0 radical (unpaired) electrons. The summed E-state index contributed by atoms with van der Waals surface area (Å²) in [5.74, 6) is -0.0377. The van der Waals surface area contributed by atoms with Crippen LogP contribution in [0.5, 0.6) is 0 Å². The van der Waals surface area contributed by atoms with Crippen molar-refractivity contribution in [3.8, 4) is 0 Å². The fourth-order valence-electron chi connectivity index (χ4n) is 1.65. The molecular weight excluding hydrogens is 255 g/mol. The van der Waals surface area contributed by atoms with Gasteiger partial charge in [-0.2, -0.15) is 0 Å². The van der Waals surface area contributed by atoms with E-state index in [0.29, 0.717) is 22.6 Å². The Bertz CT molecular complexity index is 652. The van der Waals surface area contributed by atoms with Crippen molar-refractivity contribution in [1.82, 2.24) is 9.97 Å². The van der Waals surface area contributed by atoms with E-state index in [1.54, 1.807) is 26.0 Å². The van der Waals surface area contributed by atoms with Gasteiger partial charge in [0, 0.05) is 17.7 Å². The third-order valence-electron chi connectivity index (χ3n) is 2.83. The van der Waals surface area contributed by atoms with Crippen LogP contribution in [0.2, 0.25) is 5.02 Å². The Morgan fingerprint density at radius 2 is 2.11 bits per heavy atom. The summed E-state index contributed by atoms with van der Waals surface area (Å²) in [4.78, 5) is 18.5. The van der Waals surface area contributed by atoms with Gasteiger partial charge in [0.1, 0.15) is 11.6 Å². The molecule has 0 spiro atoms. The zero-order valence-electron chi connectivity index (χ0n) is 10.1. The second-order valence-electron chi connectivity index (χ2n) is 4.11. The molecule has 0 aliphatic carbocycles. The van der Waals surface area contributed by atoms with Gasteiger partial charge in [-0.25, -0.2) is 9.37 Å². The number of benzene rings is 1. The standard InChI is InChI=1S/C13H12ClFN2O/c1-7-8(2)16-11(17-13(7)18)6-9-4-3-5-10(14)12(9)15/h3-5H,6H2,1-2H3,(H,16,17,18). The van der Waals surface area contributed by atoms with Crippen molar-refractivity contribution >= 4 is 11.6 Å². The van der Waals surface area contributed by atoms with Gasteiger partial charge in [0.15, 0.2) is 0 Å². The fraction of sp³-hybridized carbons (Fsp3) is 0.231. The molecule has 18 heavy (non-hydrogen) atoms. The van der Waals surface area contributed by atoms with Crippen molar-refractivity contribution in [3.05, 3.63) is 62.0 Å². The lowest BCUT2D eigenvalue weighted by Crippen LogP contribution is -2.16. The Morgan fingerprint density at radius 3 is 2.78 bits per heavy atom. The zero-order chi connectivity index (χ0) is 13.3. The van der Waals surface area contributed by atoms with Gasteiger partial charge in [-0.15, -0.1) is 0 Å². The van der Waals surface area contributed by atoms with Crippen LogP contribution in [0, 0.1) is 19.7 Å². The van der Waals surface area contributed by atoms with Gasteiger partial charge >= 0.3 is 0 Å². The molecule has 1 heterocycles. The fourth-order valence-corrected chi connectivity index (χ4v) is 1.85. The number of hydrogen-bond donors (Lipinski definition) is 1. The summed E-state index contributed by atoms with van der Waals surface area (Å²) >= 11 is 5.70. The van der Waals surface area contributed by atoms with E-state index in [1.807, 2.05) is 0 Å². The van der Waals surface area contributed by atoms with Crippen LogP contribution in [0.4, 0.5) is 4.39 Å². The summed E-state index contributed by atoms with van der Waals surface area (Å²) in [6.45, 7) is 3.45. The quantitative estimate of drug-likeness (QED) is 0.908. The molecule has 2 aromatic rings. The molecule has 2 rings (SSSR count). The lowest BCUT2D eigenvalue weighted by molar-refractivity contribution is 0.612. The number of hydrogen-bond acceptors (Lipinski definition) is 2. The van der Waals surface area contributed by atoms with E-state index in [2.05, 4.69) is 9.97 Å². The molecule has 0 bridgehead atoms. The zero-order valence-corrected chi connectivity index (χ0v) is 10.8. The molecule has 0 aliphatic heterocycles. The highest BCUT2D eigenvalue weighted by Gasteiger charge is 2.09. The highest BCUT2D eigenvalue weighted by molar-refractivity contribution is 6.30. The average molecular weight is 267 g/mol. The molecule has 0 aliphatic rings. The maximum absolute atomic E-state index is 13.7. The normalized spacial score (nSPS) is 10.7. The first-order valence-electron chi connectivity index (χ1n) is 5.48. The van der Waals surface area contributed by atoms with Crippen molar-refractivity contribution in [1.29, 1.82) is 0 Å². The number of aryl methyl sites for hydroxylation is 1. The monoisotopic (exact) mass is 266 g/mol. The number of nitrogens with one attached hydrogen (secondary N) is 1. The molecule has 0 saturated carbocycles. The maximum Gasteiger partial charge on any atom is 0.254 e. The first-order valence-corrected chi connectivity index (χ1v) is 5.86. The highest BCUT2D eigenvalue weighted by atomic mass is 35.5. The first kappa shape index (κ1) is 12.8. The van der Waals surface area contributed by atoms with Gasteiger partial charge in [-0.1, -0.05) is 23.7 Å². The Morgan fingerprint density at radius 1 is 1.39 bits per heavy atom. The van der Waals surface area contributed by atoms with E-state index in [0.717, 1.165) is 0 Å². The van der Waals surface area contributed by atoms with Gasteiger partial charge in [0.2, 0.25) is 0 Å². The average Bonchev–Trinajstić information content (AvgIpc) is 2.32. The second-order valence-corrected chi connectivity index (χ2v) is 4.52. The van der Waals surface area contributed by atoms with E-state index in [9.17, 15) is 9.18 Å². The SMILES string of the molecule is Cc1nc(Cc2cccc(Cl)c2F)[nH]c(=O)c1C. The van der Waals surface area contributed by atoms with Crippen LogP contribution in [-0.4, -0.2) is 9.97 Å². The van der Waals surface area contributed by atoms with Crippen LogP contribution in [0.1, 0.15) is 22.6 Å². The molecule has 1 aromatic carbocycles. The summed E-state index contributed by atoms with van der Waals surface area (Å²) in [6.07, 6.45) is 0.211. The third-order valence-corrected chi connectivity index (χ3v) is 3.13. The van der Waals surface area contributed by atoms with Crippen LogP contribution in [0.3, 0.4) is 0 Å². The van der Waals surface area contributed by atoms with Gasteiger partial charge in [0.05, 0.1) is 5.02 Å². The summed E-state index contributed by atoms with van der Waals surface area (Å²) < 4.78 is 13.7. The van der Waals surface area contributed by atoms with E-state index in [4.69, 9.17) is 11.6 Å². The number of aromatic nitrogens is 2. The molecule has 1 aromatic heterocycles. The molecule has 3 nitrogen and oxygen atoms in total. The Hall–Kier alpha value is -1.68.